The summed E-state index contributed by atoms with van der Waals surface area (Å²) in [6.07, 6.45) is 3.41. The maximum Gasteiger partial charge on any atom is 0.128 e. The van der Waals surface area contributed by atoms with Crippen molar-refractivity contribution in [3.05, 3.63) is 52.8 Å². The molecular weight excluding hydrogens is 250 g/mol. The Morgan fingerprint density at radius 1 is 1.38 bits per heavy atom. The van der Waals surface area contributed by atoms with Gasteiger partial charge in [-0.05, 0) is 18.2 Å². The molecule has 0 unspecified atom stereocenters. The van der Waals surface area contributed by atoms with E-state index in [9.17, 15) is 4.39 Å². The van der Waals surface area contributed by atoms with Gasteiger partial charge < -0.3 is 4.57 Å². The predicted octanol–water partition coefficient (Wildman–Crippen LogP) is 3.46. The van der Waals surface area contributed by atoms with E-state index in [0.717, 1.165) is 5.69 Å². The maximum atomic E-state index is 13.4. The highest BCUT2D eigenvalue weighted by molar-refractivity contribution is 6.30. The number of nitrogens with zero attached hydrogens (tertiary/aromatic N) is 2. The zero-order valence-electron chi connectivity index (χ0n) is 8.33. The van der Waals surface area contributed by atoms with Crippen molar-refractivity contribution in [3.63, 3.8) is 0 Å². The summed E-state index contributed by atoms with van der Waals surface area (Å²) in [6.45, 7) is 0.399. The second-order valence-electron chi connectivity index (χ2n) is 3.41. The highest BCUT2D eigenvalue weighted by Crippen LogP contribution is 2.16. The first-order valence-electron chi connectivity index (χ1n) is 4.69. The molecule has 16 heavy (non-hydrogen) atoms. The van der Waals surface area contributed by atoms with Crippen molar-refractivity contribution in [2.75, 3.05) is 0 Å². The van der Waals surface area contributed by atoms with Gasteiger partial charge in [0, 0.05) is 16.8 Å². The molecule has 0 atom stereocenters. The number of rotatable bonds is 3. The lowest BCUT2D eigenvalue weighted by atomic mass is 10.2. The second kappa shape index (κ2) is 4.85. The van der Waals surface area contributed by atoms with Crippen LogP contribution in [0.25, 0.3) is 0 Å². The summed E-state index contributed by atoms with van der Waals surface area (Å²) in [5.74, 6) is 0.0795. The minimum absolute atomic E-state index is 0.273. The molecule has 1 aromatic carbocycles. The number of halogens is 3. The zero-order chi connectivity index (χ0) is 11.5. The Morgan fingerprint density at radius 2 is 2.19 bits per heavy atom. The van der Waals surface area contributed by atoms with Crippen molar-refractivity contribution in [2.24, 2.45) is 0 Å². The molecule has 0 spiro atoms. The molecule has 2 nitrogen and oxygen atoms in total. The fourth-order valence-electron chi connectivity index (χ4n) is 1.42. The molecule has 0 aliphatic carbocycles. The van der Waals surface area contributed by atoms with Gasteiger partial charge >= 0.3 is 0 Å². The molecular formula is C11H9Cl2FN2. The van der Waals surface area contributed by atoms with E-state index in [1.807, 2.05) is 0 Å². The topological polar surface area (TPSA) is 17.8 Å². The van der Waals surface area contributed by atoms with E-state index in [4.69, 9.17) is 23.2 Å². The minimum Gasteiger partial charge on any atom is -0.333 e. The van der Waals surface area contributed by atoms with E-state index in [1.54, 1.807) is 23.2 Å². The molecule has 2 rings (SSSR count). The largest absolute Gasteiger partial charge is 0.333 e. The third-order valence-electron chi connectivity index (χ3n) is 2.18. The van der Waals surface area contributed by atoms with Gasteiger partial charge in [-0.25, -0.2) is 9.37 Å². The Hall–Kier alpha value is -1.06. The van der Waals surface area contributed by atoms with E-state index in [1.165, 1.54) is 12.1 Å². The third kappa shape index (κ3) is 2.54. The monoisotopic (exact) mass is 258 g/mol. The molecule has 0 fully saturated rings. The number of imidazole rings is 1. The summed E-state index contributed by atoms with van der Waals surface area (Å²) in [4.78, 5) is 4.06. The Morgan fingerprint density at radius 3 is 2.88 bits per heavy atom. The van der Waals surface area contributed by atoms with Crippen LogP contribution in [-0.4, -0.2) is 9.55 Å². The summed E-state index contributed by atoms with van der Waals surface area (Å²) in [5, 5.41) is 0.522. The summed E-state index contributed by atoms with van der Waals surface area (Å²) in [5.41, 5.74) is 1.30. The van der Waals surface area contributed by atoms with E-state index < -0.39 is 0 Å². The third-order valence-corrected chi connectivity index (χ3v) is 2.69. The van der Waals surface area contributed by atoms with Crippen molar-refractivity contribution in [1.82, 2.24) is 9.55 Å². The van der Waals surface area contributed by atoms with Crippen LogP contribution in [-0.2, 0) is 12.4 Å². The lowest BCUT2D eigenvalue weighted by Gasteiger charge is -2.04. The molecule has 0 saturated carbocycles. The summed E-state index contributed by atoms with van der Waals surface area (Å²) in [7, 11) is 0. The van der Waals surface area contributed by atoms with Crippen molar-refractivity contribution in [2.45, 2.75) is 12.4 Å². The van der Waals surface area contributed by atoms with Crippen LogP contribution in [0.1, 0.15) is 11.3 Å². The number of alkyl halides is 1. The van der Waals surface area contributed by atoms with Crippen LogP contribution >= 0.6 is 23.2 Å². The zero-order valence-corrected chi connectivity index (χ0v) is 9.84. The Labute approximate surface area is 103 Å². The van der Waals surface area contributed by atoms with Crippen LogP contribution in [0, 0.1) is 5.82 Å². The van der Waals surface area contributed by atoms with Crippen LogP contribution < -0.4 is 0 Å². The molecule has 2 aromatic rings. The highest BCUT2D eigenvalue weighted by atomic mass is 35.5. The molecule has 0 saturated heterocycles. The van der Waals surface area contributed by atoms with Gasteiger partial charge in [0.1, 0.15) is 5.82 Å². The molecule has 0 aliphatic rings. The molecule has 1 aromatic heterocycles. The van der Waals surface area contributed by atoms with E-state index in [0.29, 0.717) is 23.0 Å². The van der Waals surface area contributed by atoms with Gasteiger partial charge in [0.25, 0.3) is 0 Å². The molecule has 84 valence electrons. The molecule has 0 amide bonds. The molecule has 0 N–H and O–H groups in total. The smallest absolute Gasteiger partial charge is 0.128 e. The molecule has 1 heterocycles. The van der Waals surface area contributed by atoms with E-state index in [2.05, 4.69) is 4.98 Å². The van der Waals surface area contributed by atoms with Crippen molar-refractivity contribution >= 4 is 23.2 Å². The van der Waals surface area contributed by atoms with Gasteiger partial charge in [-0.1, -0.05) is 11.6 Å². The lowest BCUT2D eigenvalue weighted by Crippen LogP contribution is -1.99. The first-order chi connectivity index (χ1) is 7.69. The van der Waals surface area contributed by atoms with Gasteiger partial charge in [0.05, 0.1) is 24.4 Å². The first-order valence-corrected chi connectivity index (χ1v) is 5.61. The second-order valence-corrected chi connectivity index (χ2v) is 4.11. The van der Waals surface area contributed by atoms with Crippen LogP contribution in [0.15, 0.2) is 30.7 Å². The lowest BCUT2D eigenvalue weighted by molar-refractivity contribution is 0.599. The Bertz CT molecular complexity index is 496. The summed E-state index contributed by atoms with van der Waals surface area (Å²) >= 11 is 11.4. The van der Waals surface area contributed by atoms with Gasteiger partial charge in [-0.15, -0.1) is 11.6 Å². The molecule has 0 radical (unpaired) electrons. The average molecular weight is 259 g/mol. The number of aromatic nitrogens is 2. The predicted molar refractivity (Wildman–Crippen MR) is 62.3 cm³/mol. The number of hydrogen-bond acceptors (Lipinski definition) is 1. The molecule has 5 heteroatoms. The van der Waals surface area contributed by atoms with Crippen LogP contribution in [0.3, 0.4) is 0 Å². The highest BCUT2D eigenvalue weighted by Gasteiger charge is 2.04. The van der Waals surface area contributed by atoms with E-state index >= 15 is 0 Å². The van der Waals surface area contributed by atoms with Crippen LogP contribution in [0.5, 0.6) is 0 Å². The number of hydrogen-bond donors (Lipinski definition) is 0. The number of benzene rings is 1. The van der Waals surface area contributed by atoms with Crippen molar-refractivity contribution in [3.8, 4) is 0 Å². The first kappa shape index (κ1) is 11.4. The molecule has 0 aliphatic heterocycles. The normalized spacial score (nSPS) is 10.7. The van der Waals surface area contributed by atoms with Crippen molar-refractivity contribution in [1.29, 1.82) is 0 Å². The van der Waals surface area contributed by atoms with Crippen LogP contribution in [0.2, 0.25) is 5.02 Å². The van der Waals surface area contributed by atoms with Gasteiger partial charge in [-0.2, -0.15) is 0 Å². The van der Waals surface area contributed by atoms with Gasteiger partial charge in [0.2, 0.25) is 0 Å². The molecule has 0 bridgehead atoms. The maximum absolute atomic E-state index is 13.4. The standard InChI is InChI=1S/C11H9Cl2FN2/c12-4-10-6-16(7-15-10)5-8-3-9(13)1-2-11(8)14/h1-3,6-7H,4-5H2. The minimum atomic E-state index is -0.273. The van der Waals surface area contributed by atoms with Crippen LogP contribution in [0.4, 0.5) is 4.39 Å². The fraction of sp³-hybridized carbons (Fsp3) is 0.182. The van der Waals surface area contributed by atoms with E-state index in [-0.39, 0.29) is 5.82 Å². The summed E-state index contributed by atoms with van der Waals surface area (Å²) in [6, 6.07) is 4.49. The van der Waals surface area contributed by atoms with Crippen molar-refractivity contribution < 1.29 is 4.39 Å². The SMILES string of the molecule is Fc1ccc(Cl)cc1Cn1cnc(CCl)c1. The fourth-order valence-corrected chi connectivity index (χ4v) is 1.76. The average Bonchev–Trinajstić information content (AvgIpc) is 2.71. The van der Waals surface area contributed by atoms with Gasteiger partial charge in [-0.3, -0.25) is 0 Å². The Kier molecular flexibility index (Phi) is 3.46. The quantitative estimate of drug-likeness (QED) is 0.772. The van der Waals surface area contributed by atoms with Gasteiger partial charge in [0.15, 0.2) is 0 Å². The summed E-state index contributed by atoms with van der Waals surface area (Å²) < 4.78 is 15.2. The Balaban J connectivity index is 2.22.